The molecule has 2 aromatic rings. The van der Waals surface area contributed by atoms with E-state index in [0.717, 1.165) is 32.8 Å². The lowest BCUT2D eigenvalue weighted by Gasteiger charge is -2.24. The van der Waals surface area contributed by atoms with Gasteiger partial charge in [0.1, 0.15) is 0 Å². The number of fused-ring (bicyclic) bond motifs is 1. The van der Waals surface area contributed by atoms with Gasteiger partial charge in [-0.3, -0.25) is 4.90 Å². The summed E-state index contributed by atoms with van der Waals surface area (Å²) in [6, 6.07) is 14.9. The molecule has 2 aromatic carbocycles. The van der Waals surface area contributed by atoms with Crippen LogP contribution in [0, 0.1) is 0 Å². The molecule has 2 rings (SSSR count). The molecule has 0 aliphatic rings. The van der Waals surface area contributed by atoms with E-state index in [1.54, 1.807) is 0 Å². The first kappa shape index (κ1) is 16.0. The van der Waals surface area contributed by atoms with Gasteiger partial charge in [0.05, 0.1) is 6.61 Å². The number of ether oxygens (including phenoxy) is 1. The van der Waals surface area contributed by atoms with E-state index in [0.29, 0.717) is 0 Å². The third-order valence-corrected chi connectivity index (χ3v) is 3.86. The predicted octanol–water partition coefficient (Wildman–Crippen LogP) is 3.20. The highest BCUT2D eigenvalue weighted by Gasteiger charge is 2.11. The molecule has 21 heavy (non-hydrogen) atoms. The topological polar surface area (TPSA) is 38.5 Å². The summed E-state index contributed by atoms with van der Waals surface area (Å²) in [5.41, 5.74) is 7.58. The molecular formula is C18H26N2O. The van der Waals surface area contributed by atoms with Gasteiger partial charge in [0.25, 0.3) is 0 Å². The maximum Gasteiger partial charge on any atom is 0.0593 e. The molecule has 0 heterocycles. The summed E-state index contributed by atoms with van der Waals surface area (Å²) in [6.07, 6.45) is 0. The average molecular weight is 286 g/mol. The first-order chi connectivity index (χ1) is 10.2. The molecule has 0 saturated carbocycles. The molecule has 0 aromatic heterocycles. The smallest absolute Gasteiger partial charge is 0.0593 e. The van der Waals surface area contributed by atoms with Crippen LogP contribution in [0.15, 0.2) is 42.5 Å². The maximum atomic E-state index is 6.38. The van der Waals surface area contributed by atoms with Crippen LogP contribution in [0.1, 0.15) is 25.5 Å². The van der Waals surface area contributed by atoms with Crippen LogP contribution < -0.4 is 5.73 Å². The van der Waals surface area contributed by atoms with Gasteiger partial charge >= 0.3 is 0 Å². The Labute approximate surface area is 127 Å². The molecule has 0 spiro atoms. The van der Waals surface area contributed by atoms with Gasteiger partial charge in [0.15, 0.2) is 0 Å². The number of hydrogen-bond acceptors (Lipinski definition) is 3. The molecule has 3 nitrogen and oxygen atoms in total. The third-order valence-electron chi connectivity index (χ3n) is 3.86. The van der Waals surface area contributed by atoms with Crippen molar-refractivity contribution in [2.45, 2.75) is 19.9 Å². The maximum absolute atomic E-state index is 6.38. The van der Waals surface area contributed by atoms with E-state index < -0.39 is 0 Å². The molecule has 0 bridgehead atoms. The Morgan fingerprint density at radius 3 is 2.57 bits per heavy atom. The van der Waals surface area contributed by atoms with Crippen LogP contribution in [0.4, 0.5) is 0 Å². The SMILES string of the molecule is CCOCCN(CC)CC(N)c1ccc2ccccc2c1. The zero-order valence-electron chi connectivity index (χ0n) is 13.1. The summed E-state index contributed by atoms with van der Waals surface area (Å²) in [7, 11) is 0. The predicted molar refractivity (Wildman–Crippen MR) is 89.5 cm³/mol. The summed E-state index contributed by atoms with van der Waals surface area (Å²) in [5.74, 6) is 0. The van der Waals surface area contributed by atoms with Crippen LogP contribution >= 0.6 is 0 Å². The molecule has 3 heteroatoms. The standard InChI is InChI=1S/C18H26N2O/c1-3-20(11-12-21-4-2)14-18(19)17-10-9-15-7-5-6-8-16(15)13-17/h5-10,13,18H,3-4,11-12,14,19H2,1-2H3. The minimum Gasteiger partial charge on any atom is -0.380 e. The largest absolute Gasteiger partial charge is 0.380 e. The summed E-state index contributed by atoms with van der Waals surface area (Å²) in [5, 5.41) is 2.51. The van der Waals surface area contributed by atoms with Gasteiger partial charge in [0.2, 0.25) is 0 Å². The fraction of sp³-hybridized carbons (Fsp3) is 0.444. The van der Waals surface area contributed by atoms with Crippen molar-refractivity contribution in [1.29, 1.82) is 0 Å². The lowest BCUT2D eigenvalue weighted by molar-refractivity contribution is 0.113. The normalized spacial score (nSPS) is 13.0. The summed E-state index contributed by atoms with van der Waals surface area (Å²) in [6.45, 7) is 8.53. The number of rotatable bonds is 8. The Bertz CT molecular complexity index is 556. The monoisotopic (exact) mass is 286 g/mol. The number of nitrogens with two attached hydrogens (primary N) is 1. The average Bonchev–Trinajstić information content (AvgIpc) is 2.53. The van der Waals surface area contributed by atoms with Gasteiger partial charge < -0.3 is 10.5 Å². The van der Waals surface area contributed by atoms with E-state index >= 15 is 0 Å². The second kappa shape index (κ2) is 8.13. The second-order valence-corrected chi connectivity index (χ2v) is 5.30. The van der Waals surface area contributed by atoms with E-state index in [1.807, 2.05) is 6.92 Å². The van der Waals surface area contributed by atoms with Crippen LogP contribution in [0.25, 0.3) is 10.8 Å². The van der Waals surface area contributed by atoms with Gasteiger partial charge in [-0.05, 0) is 35.9 Å². The molecule has 1 unspecified atom stereocenters. The number of likely N-dealkylation sites (N-methyl/N-ethyl adjacent to an activating group) is 1. The number of hydrogen-bond donors (Lipinski definition) is 1. The highest BCUT2D eigenvalue weighted by atomic mass is 16.5. The van der Waals surface area contributed by atoms with Crippen molar-refractivity contribution in [3.8, 4) is 0 Å². The van der Waals surface area contributed by atoms with Gasteiger partial charge in [-0.15, -0.1) is 0 Å². The highest BCUT2D eigenvalue weighted by Crippen LogP contribution is 2.19. The first-order valence-electron chi connectivity index (χ1n) is 7.79. The molecular weight excluding hydrogens is 260 g/mol. The van der Waals surface area contributed by atoms with Crippen LogP contribution in [0.3, 0.4) is 0 Å². The van der Waals surface area contributed by atoms with E-state index in [2.05, 4.69) is 54.3 Å². The zero-order valence-corrected chi connectivity index (χ0v) is 13.1. The lowest BCUT2D eigenvalue weighted by atomic mass is 10.0. The highest BCUT2D eigenvalue weighted by molar-refractivity contribution is 5.83. The molecule has 2 N–H and O–H groups in total. The third kappa shape index (κ3) is 4.53. The second-order valence-electron chi connectivity index (χ2n) is 5.30. The Hall–Kier alpha value is -1.42. The zero-order chi connectivity index (χ0) is 15.1. The van der Waals surface area contributed by atoms with Crippen molar-refractivity contribution in [3.05, 3.63) is 48.0 Å². The molecule has 0 saturated heterocycles. The van der Waals surface area contributed by atoms with Crippen LogP contribution in [0.5, 0.6) is 0 Å². The van der Waals surface area contributed by atoms with Gasteiger partial charge in [-0.25, -0.2) is 0 Å². The van der Waals surface area contributed by atoms with Crippen molar-refractivity contribution in [2.75, 3.05) is 32.8 Å². The molecule has 0 aliphatic carbocycles. The van der Waals surface area contributed by atoms with Crippen LogP contribution in [-0.2, 0) is 4.74 Å². The van der Waals surface area contributed by atoms with Crippen LogP contribution in [-0.4, -0.2) is 37.7 Å². The van der Waals surface area contributed by atoms with Crippen molar-refractivity contribution in [3.63, 3.8) is 0 Å². The van der Waals surface area contributed by atoms with Crippen molar-refractivity contribution in [1.82, 2.24) is 4.90 Å². The Morgan fingerprint density at radius 2 is 1.86 bits per heavy atom. The molecule has 0 fully saturated rings. The molecule has 0 aliphatic heterocycles. The van der Waals surface area contributed by atoms with E-state index in [-0.39, 0.29) is 6.04 Å². The Kier molecular flexibility index (Phi) is 6.18. The quantitative estimate of drug-likeness (QED) is 0.757. The Balaban J connectivity index is 2.01. The number of benzene rings is 2. The summed E-state index contributed by atoms with van der Waals surface area (Å²) < 4.78 is 5.43. The van der Waals surface area contributed by atoms with E-state index in [9.17, 15) is 0 Å². The summed E-state index contributed by atoms with van der Waals surface area (Å²) in [4.78, 5) is 2.34. The van der Waals surface area contributed by atoms with Crippen LogP contribution in [0.2, 0.25) is 0 Å². The summed E-state index contributed by atoms with van der Waals surface area (Å²) >= 11 is 0. The van der Waals surface area contributed by atoms with E-state index in [1.165, 1.54) is 16.3 Å². The minimum atomic E-state index is 0.0381. The Morgan fingerprint density at radius 1 is 1.10 bits per heavy atom. The minimum absolute atomic E-state index is 0.0381. The lowest BCUT2D eigenvalue weighted by Crippen LogP contribution is -2.34. The fourth-order valence-electron chi connectivity index (χ4n) is 2.54. The molecule has 0 amide bonds. The van der Waals surface area contributed by atoms with Gasteiger partial charge in [-0.1, -0.05) is 43.3 Å². The van der Waals surface area contributed by atoms with Crippen molar-refractivity contribution in [2.24, 2.45) is 5.73 Å². The van der Waals surface area contributed by atoms with Crippen molar-refractivity contribution < 1.29 is 4.74 Å². The van der Waals surface area contributed by atoms with Gasteiger partial charge in [0, 0.05) is 25.7 Å². The fourth-order valence-corrected chi connectivity index (χ4v) is 2.54. The van der Waals surface area contributed by atoms with Crippen molar-refractivity contribution >= 4 is 10.8 Å². The molecule has 114 valence electrons. The molecule has 1 atom stereocenters. The van der Waals surface area contributed by atoms with Gasteiger partial charge in [-0.2, -0.15) is 0 Å². The number of nitrogens with zero attached hydrogens (tertiary/aromatic N) is 1. The molecule has 0 radical (unpaired) electrons. The first-order valence-corrected chi connectivity index (χ1v) is 7.79. The van der Waals surface area contributed by atoms with E-state index in [4.69, 9.17) is 10.5 Å².